The van der Waals surface area contributed by atoms with E-state index in [1.807, 2.05) is 0 Å². The van der Waals surface area contributed by atoms with Crippen molar-refractivity contribution in [3.05, 3.63) is 0 Å². The van der Waals surface area contributed by atoms with Crippen LogP contribution in [0.5, 0.6) is 0 Å². The highest BCUT2D eigenvalue weighted by molar-refractivity contribution is 5.75. The van der Waals surface area contributed by atoms with Gasteiger partial charge in [-0.05, 0) is 5.92 Å². The summed E-state index contributed by atoms with van der Waals surface area (Å²) in [5, 5.41) is 0. The largest absolute Gasteiger partial charge is 0.372 e. The Morgan fingerprint density at radius 2 is 2.09 bits per heavy atom. The van der Waals surface area contributed by atoms with Crippen molar-refractivity contribution in [2.24, 2.45) is 11.7 Å². The van der Waals surface area contributed by atoms with Crippen LogP contribution in [0.3, 0.4) is 0 Å². The van der Waals surface area contributed by atoms with E-state index in [0.29, 0.717) is 0 Å². The lowest BCUT2D eigenvalue weighted by atomic mass is 10.1. The van der Waals surface area contributed by atoms with E-state index >= 15 is 0 Å². The second-order valence-corrected chi connectivity index (χ2v) is 2.36. The zero-order chi connectivity index (χ0) is 8.85. The monoisotopic (exact) mass is 161 g/mol. The lowest BCUT2D eigenvalue weighted by molar-refractivity contribution is -0.249. The van der Waals surface area contributed by atoms with Crippen LogP contribution >= 0.6 is 0 Å². The lowest BCUT2D eigenvalue weighted by Gasteiger charge is -2.10. The zero-order valence-corrected chi connectivity index (χ0v) is 6.44. The second kappa shape index (κ2) is 4.68. The predicted molar refractivity (Wildman–Crippen MR) is 36.1 cm³/mol. The maximum absolute atomic E-state index is 10.7. The van der Waals surface area contributed by atoms with E-state index in [9.17, 15) is 9.59 Å². The first-order valence-electron chi connectivity index (χ1n) is 3.16. The zero-order valence-electron chi connectivity index (χ0n) is 6.44. The molecule has 0 rings (SSSR count). The second-order valence-electron chi connectivity index (χ2n) is 2.36. The normalized spacial score (nSPS) is 12.4. The quantitative estimate of drug-likeness (QED) is 0.345. The summed E-state index contributed by atoms with van der Waals surface area (Å²) in [5.41, 5.74) is 5.33. The van der Waals surface area contributed by atoms with Gasteiger partial charge in [-0.15, -0.1) is 0 Å². The Kier molecular flexibility index (Phi) is 4.21. The Bertz CT molecular complexity index is 146. The Morgan fingerprint density at radius 3 is 2.45 bits per heavy atom. The van der Waals surface area contributed by atoms with Gasteiger partial charge >= 0.3 is 12.4 Å². The van der Waals surface area contributed by atoms with Crippen molar-refractivity contribution in [3.63, 3.8) is 0 Å². The first kappa shape index (κ1) is 9.90. The van der Waals surface area contributed by atoms with Crippen LogP contribution < -0.4 is 5.73 Å². The summed E-state index contributed by atoms with van der Waals surface area (Å²) in [6.45, 7) is 3.53. The maximum Gasteiger partial charge on any atom is 0.372 e. The van der Waals surface area contributed by atoms with Gasteiger partial charge in [0.15, 0.2) is 0 Å². The Morgan fingerprint density at radius 1 is 1.55 bits per heavy atom. The van der Waals surface area contributed by atoms with Crippen LogP contribution in [0.25, 0.3) is 0 Å². The Labute approximate surface area is 64.4 Å². The van der Waals surface area contributed by atoms with Crippen LogP contribution in [0.4, 0.5) is 0 Å². The molecule has 5 heteroatoms. The molecule has 0 fully saturated rings. The van der Waals surface area contributed by atoms with Gasteiger partial charge in [0.1, 0.15) is 6.04 Å². The van der Waals surface area contributed by atoms with E-state index in [1.54, 1.807) is 13.8 Å². The molecule has 0 aliphatic heterocycles. The maximum atomic E-state index is 10.7. The molecule has 11 heavy (non-hydrogen) atoms. The average molecular weight is 161 g/mol. The summed E-state index contributed by atoms with van der Waals surface area (Å²) in [4.78, 5) is 28.0. The van der Waals surface area contributed by atoms with Crippen molar-refractivity contribution >= 4 is 12.4 Å². The van der Waals surface area contributed by atoms with Crippen LogP contribution in [0, 0.1) is 5.92 Å². The van der Waals surface area contributed by atoms with E-state index in [4.69, 9.17) is 5.73 Å². The average Bonchev–Trinajstić information content (AvgIpc) is 1.98. The molecule has 1 atom stereocenters. The van der Waals surface area contributed by atoms with Crippen LogP contribution in [0.15, 0.2) is 0 Å². The van der Waals surface area contributed by atoms with Gasteiger partial charge < -0.3 is 5.73 Å². The van der Waals surface area contributed by atoms with Crippen molar-refractivity contribution in [2.45, 2.75) is 19.9 Å². The number of carbonyl (C=O) groups is 2. The van der Waals surface area contributed by atoms with Crippen LogP contribution in [-0.2, 0) is 19.4 Å². The molecule has 0 saturated carbocycles. The van der Waals surface area contributed by atoms with Gasteiger partial charge in [0.05, 0.1) is 0 Å². The molecule has 0 saturated heterocycles. The molecule has 0 bridgehead atoms. The van der Waals surface area contributed by atoms with Crippen molar-refractivity contribution in [3.8, 4) is 0 Å². The van der Waals surface area contributed by atoms with Gasteiger partial charge in [-0.3, -0.25) is 9.68 Å². The molecule has 0 aliphatic carbocycles. The third-order valence-electron chi connectivity index (χ3n) is 1.16. The molecule has 5 nitrogen and oxygen atoms in total. The molecular formula is C6H11NO4. The molecule has 0 radical (unpaired) electrons. The lowest BCUT2D eigenvalue weighted by Crippen LogP contribution is -2.36. The first-order valence-corrected chi connectivity index (χ1v) is 3.16. The topological polar surface area (TPSA) is 78.6 Å². The van der Waals surface area contributed by atoms with Crippen molar-refractivity contribution in [1.82, 2.24) is 0 Å². The fraction of sp³-hybridized carbons (Fsp3) is 0.667. The van der Waals surface area contributed by atoms with Gasteiger partial charge in [-0.2, -0.15) is 0 Å². The summed E-state index contributed by atoms with van der Waals surface area (Å²) in [5.74, 6) is -0.787. The molecule has 0 aromatic heterocycles. The summed E-state index contributed by atoms with van der Waals surface area (Å²) in [6, 6.07) is -0.755. The van der Waals surface area contributed by atoms with E-state index in [2.05, 4.69) is 9.78 Å². The third-order valence-corrected chi connectivity index (χ3v) is 1.16. The SMILES string of the molecule is CC(C)C(N)C(=O)OOC=O. The minimum atomic E-state index is -0.755. The van der Waals surface area contributed by atoms with Gasteiger partial charge in [0, 0.05) is 0 Å². The third kappa shape index (κ3) is 3.57. The van der Waals surface area contributed by atoms with E-state index < -0.39 is 12.0 Å². The minimum absolute atomic E-state index is 0.0188. The Balaban J connectivity index is 3.73. The highest BCUT2D eigenvalue weighted by Crippen LogP contribution is 1.99. The molecule has 64 valence electrons. The summed E-state index contributed by atoms with van der Waals surface area (Å²) < 4.78 is 0. The van der Waals surface area contributed by atoms with Gasteiger partial charge in [0.25, 0.3) is 0 Å². The summed E-state index contributed by atoms with van der Waals surface area (Å²) >= 11 is 0. The number of hydrogen-bond acceptors (Lipinski definition) is 5. The molecular weight excluding hydrogens is 150 g/mol. The number of nitrogens with two attached hydrogens (primary N) is 1. The number of rotatable bonds is 4. The van der Waals surface area contributed by atoms with Crippen LogP contribution in [0.2, 0.25) is 0 Å². The number of hydrogen-bond donors (Lipinski definition) is 1. The van der Waals surface area contributed by atoms with Crippen LogP contribution in [-0.4, -0.2) is 18.5 Å². The minimum Gasteiger partial charge on any atom is -0.318 e. The molecule has 0 amide bonds. The van der Waals surface area contributed by atoms with Crippen molar-refractivity contribution < 1.29 is 19.4 Å². The first-order chi connectivity index (χ1) is 5.09. The van der Waals surface area contributed by atoms with Gasteiger partial charge in [-0.25, -0.2) is 9.68 Å². The molecule has 2 N–H and O–H groups in total. The summed E-state index contributed by atoms with van der Waals surface area (Å²) in [6.07, 6.45) is 0. The van der Waals surface area contributed by atoms with Crippen LogP contribution in [0.1, 0.15) is 13.8 Å². The molecule has 0 heterocycles. The standard InChI is InChI=1S/C6H11NO4/c1-4(2)5(7)6(9)11-10-3-8/h3-5H,7H2,1-2H3. The van der Waals surface area contributed by atoms with Gasteiger partial charge in [-0.1, -0.05) is 13.8 Å². The molecule has 1 unspecified atom stereocenters. The van der Waals surface area contributed by atoms with Crippen molar-refractivity contribution in [2.75, 3.05) is 0 Å². The highest BCUT2D eigenvalue weighted by atomic mass is 17.2. The highest BCUT2D eigenvalue weighted by Gasteiger charge is 2.19. The van der Waals surface area contributed by atoms with Gasteiger partial charge in [0.2, 0.25) is 0 Å². The van der Waals surface area contributed by atoms with E-state index in [1.165, 1.54) is 0 Å². The Hall–Kier alpha value is -1.10. The molecule has 0 aliphatic rings. The number of carbonyl (C=O) groups excluding carboxylic acids is 2. The fourth-order valence-corrected chi connectivity index (χ4v) is 0.395. The molecule has 0 spiro atoms. The predicted octanol–water partition coefficient (Wildman–Crippen LogP) is -0.399. The van der Waals surface area contributed by atoms with Crippen molar-refractivity contribution in [1.29, 1.82) is 0 Å². The van der Waals surface area contributed by atoms with E-state index in [0.717, 1.165) is 0 Å². The summed E-state index contributed by atoms with van der Waals surface area (Å²) in [7, 11) is 0. The smallest absolute Gasteiger partial charge is 0.318 e. The molecule has 0 aromatic carbocycles. The molecule has 0 aromatic rings. The fourth-order valence-electron chi connectivity index (χ4n) is 0.395. The van der Waals surface area contributed by atoms with E-state index in [-0.39, 0.29) is 12.4 Å².